The van der Waals surface area contributed by atoms with Crippen molar-refractivity contribution < 1.29 is 5.11 Å². The molecule has 2 atom stereocenters. The van der Waals surface area contributed by atoms with Gasteiger partial charge in [0.2, 0.25) is 0 Å². The second kappa shape index (κ2) is 4.70. The van der Waals surface area contributed by atoms with E-state index in [4.69, 9.17) is 5.73 Å². The molecule has 1 heterocycles. The number of nitrogens with two attached hydrogens (primary N) is 1. The summed E-state index contributed by atoms with van der Waals surface area (Å²) < 4.78 is 1.77. The minimum absolute atomic E-state index is 0.462. The third-order valence-electron chi connectivity index (χ3n) is 2.06. The molecule has 0 saturated carbocycles. The number of aliphatic hydroxyl groups is 1. The molecule has 2 unspecified atom stereocenters. The molecule has 5 heteroatoms. The number of halogens is 2. The average molecular weight is 324 g/mol. The number of hydrogen-bond donors (Lipinski definition) is 2. The fourth-order valence-electron chi connectivity index (χ4n) is 1.04. The summed E-state index contributed by atoms with van der Waals surface area (Å²) in [5.74, 6) is 0. The van der Waals surface area contributed by atoms with Crippen LogP contribution in [0.3, 0.4) is 0 Å². The summed E-state index contributed by atoms with van der Waals surface area (Å²) in [5.41, 5.74) is 7.51. The van der Waals surface area contributed by atoms with Crippen LogP contribution in [0.15, 0.2) is 15.1 Å². The van der Waals surface area contributed by atoms with Crippen molar-refractivity contribution in [2.45, 2.75) is 26.0 Å². The van der Waals surface area contributed by atoms with Gasteiger partial charge in [-0.3, -0.25) is 4.98 Å². The van der Waals surface area contributed by atoms with Gasteiger partial charge in [0, 0.05) is 15.1 Å². The second-order valence-corrected chi connectivity index (χ2v) is 4.84. The number of rotatable bonds is 2. The van der Waals surface area contributed by atoms with Crippen LogP contribution in [0.1, 0.15) is 24.2 Å². The zero-order valence-corrected chi connectivity index (χ0v) is 11.1. The first kappa shape index (κ1) is 12.1. The first-order valence-corrected chi connectivity index (χ1v) is 5.78. The highest BCUT2D eigenvalue weighted by molar-refractivity contribution is 9.11. The van der Waals surface area contributed by atoms with Crippen LogP contribution in [0.2, 0.25) is 0 Å². The molecule has 78 valence electrons. The van der Waals surface area contributed by atoms with E-state index in [0.29, 0.717) is 5.69 Å². The summed E-state index contributed by atoms with van der Waals surface area (Å²) in [6.45, 7) is 3.60. The van der Waals surface area contributed by atoms with Crippen molar-refractivity contribution in [2.75, 3.05) is 0 Å². The Morgan fingerprint density at radius 2 is 2.07 bits per heavy atom. The molecule has 1 aromatic heterocycles. The number of hydrogen-bond acceptors (Lipinski definition) is 3. The zero-order valence-electron chi connectivity index (χ0n) is 7.96. The van der Waals surface area contributed by atoms with Gasteiger partial charge in [0.05, 0.1) is 17.8 Å². The van der Waals surface area contributed by atoms with Crippen LogP contribution in [0, 0.1) is 6.92 Å². The largest absolute Gasteiger partial charge is 0.391 e. The van der Waals surface area contributed by atoms with E-state index in [1.54, 1.807) is 13.1 Å². The Morgan fingerprint density at radius 1 is 1.50 bits per heavy atom. The van der Waals surface area contributed by atoms with E-state index in [1.165, 1.54) is 0 Å². The molecule has 0 aliphatic heterocycles. The van der Waals surface area contributed by atoms with E-state index in [0.717, 1.165) is 14.5 Å². The lowest BCUT2D eigenvalue weighted by atomic mass is 10.1. The topological polar surface area (TPSA) is 59.1 Å². The van der Waals surface area contributed by atoms with E-state index in [9.17, 15) is 5.11 Å². The molecule has 0 aromatic carbocycles. The van der Waals surface area contributed by atoms with Crippen molar-refractivity contribution in [3.8, 4) is 0 Å². The molecule has 0 spiro atoms. The molecule has 3 N–H and O–H groups in total. The van der Waals surface area contributed by atoms with Crippen LogP contribution < -0.4 is 5.73 Å². The number of aromatic nitrogens is 1. The maximum absolute atomic E-state index is 9.36. The Labute approximate surface area is 100.0 Å². The summed E-state index contributed by atoms with van der Waals surface area (Å²) in [5, 5.41) is 9.36. The molecule has 0 aliphatic rings. The molecule has 0 saturated heterocycles. The number of aliphatic hydroxyl groups excluding tert-OH is 1. The smallest absolute Gasteiger partial charge is 0.0742 e. The summed E-state index contributed by atoms with van der Waals surface area (Å²) >= 11 is 6.79. The van der Waals surface area contributed by atoms with E-state index in [1.807, 2.05) is 6.92 Å². The van der Waals surface area contributed by atoms with Gasteiger partial charge in [-0.1, -0.05) is 0 Å². The third kappa shape index (κ3) is 2.34. The highest BCUT2D eigenvalue weighted by atomic mass is 79.9. The fourth-order valence-corrected chi connectivity index (χ4v) is 2.18. The van der Waals surface area contributed by atoms with E-state index in [2.05, 4.69) is 36.8 Å². The normalized spacial score (nSPS) is 15.3. The van der Waals surface area contributed by atoms with Crippen molar-refractivity contribution in [1.29, 1.82) is 0 Å². The Hall–Kier alpha value is 0.0300. The first-order chi connectivity index (χ1) is 6.45. The molecular weight excluding hydrogens is 312 g/mol. The molecule has 14 heavy (non-hydrogen) atoms. The summed E-state index contributed by atoms with van der Waals surface area (Å²) in [7, 11) is 0. The quantitative estimate of drug-likeness (QED) is 0.878. The summed E-state index contributed by atoms with van der Waals surface area (Å²) in [6, 6.07) is -0.462. The predicted molar refractivity (Wildman–Crippen MR) is 63.0 cm³/mol. The van der Waals surface area contributed by atoms with E-state index >= 15 is 0 Å². The molecule has 3 nitrogen and oxygen atoms in total. The molecular formula is C9H12Br2N2O. The van der Waals surface area contributed by atoms with Gasteiger partial charge in [-0.2, -0.15) is 0 Å². The molecule has 1 rings (SSSR count). The molecule has 0 bridgehead atoms. The molecule has 0 fully saturated rings. The molecule has 1 aromatic rings. The average Bonchev–Trinajstić information content (AvgIpc) is 2.13. The van der Waals surface area contributed by atoms with E-state index < -0.39 is 12.1 Å². The molecule has 0 aliphatic carbocycles. The molecule has 0 radical (unpaired) electrons. The van der Waals surface area contributed by atoms with Crippen molar-refractivity contribution in [2.24, 2.45) is 5.73 Å². The van der Waals surface area contributed by atoms with Crippen molar-refractivity contribution in [1.82, 2.24) is 4.98 Å². The summed E-state index contributed by atoms with van der Waals surface area (Å²) in [4.78, 5) is 4.18. The SMILES string of the molecule is Cc1c(Br)cnc(C(N)C(C)O)c1Br. The summed E-state index contributed by atoms with van der Waals surface area (Å²) in [6.07, 6.45) is 1.08. The highest BCUT2D eigenvalue weighted by Crippen LogP contribution is 2.29. The van der Waals surface area contributed by atoms with Crippen LogP contribution in [0.4, 0.5) is 0 Å². The van der Waals surface area contributed by atoms with Gasteiger partial charge in [0.1, 0.15) is 0 Å². The Kier molecular flexibility index (Phi) is 4.06. The van der Waals surface area contributed by atoms with E-state index in [-0.39, 0.29) is 0 Å². The second-order valence-electron chi connectivity index (χ2n) is 3.20. The minimum atomic E-state index is -0.612. The van der Waals surface area contributed by atoms with Gasteiger partial charge >= 0.3 is 0 Å². The number of nitrogens with zero attached hydrogens (tertiary/aromatic N) is 1. The lowest BCUT2D eigenvalue weighted by Gasteiger charge is -2.17. The minimum Gasteiger partial charge on any atom is -0.391 e. The standard InChI is InChI=1S/C9H12Br2N2O/c1-4-6(10)3-13-9(7(4)11)8(12)5(2)14/h3,5,8,14H,12H2,1-2H3. The van der Waals surface area contributed by atoms with Crippen molar-refractivity contribution >= 4 is 31.9 Å². The Bertz CT molecular complexity index is 342. The maximum atomic E-state index is 9.36. The first-order valence-electron chi connectivity index (χ1n) is 4.19. The van der Waals surface area contributed by atoms with Gasteiger partial charge < -0.3 is 10.8 Å². The van der Waals surface area contributed by atoms with Crippen molar-refractivity contribution in [3.63, 3.8) is 0 Å². The van der Waals surface area contributed by atoms with Gasteiger partial charge in [0.25, 0.3) is 0 Å². The zero-order chi connectivity index (χ0) is 10.9. The van der Waals surface area contributed by atoms with Crippen LogP contribution >= 0.6 is 31.9 Å². The lowest BCUT2D eigenvalue weighted by molar-refractivity contribution is 0.162. The lowest BCUT2D eigenvalue weighted by Crippen LogP contribution is -2.24. The van der Waals surface area contributed by atoms with Gasteiger partial charge in [-0.15, -0.1) is 0 Å². The molecule has 0 amide bonds. The van der Waals surface area contributed by atoms with Gasteiger partial charge in [0.15, 0.2) is 0 Å². The Balaban J connectivity index is 3.17. The van der Waals surface area contributed by atoms with Gasteiger partial charge in [-0.05, 0) is 51.3 Å². The predicted octanol–water partition coefficient (Wildman–Crippen LogP) is 2.30. The fraction of sp³-hybridized carbons (Fsp3) is 0.444. The maximum Gasteiger partial charge on any atom is 0.0742 e. The van der Waals surface area contributed by atoms with Crippen LogP contribution in [-0.2, 0) is 0 Å². The van der Waals surface area contributed by atoms with Crippen LogP contribution in [0.25, 0.3) is 0 Å². The third-order valence-corrected chi connectivity index (χ3v) is 3.87. The Morgan fingerprint density at radius 3 is 2.57 bits per heavy atom. The van der Waals surface area contributed by atoms with Gasteiger partial charge in [-0.25, -0.2) is 0 Å². The van der Waals surface area contributed by atoms with Crippen LogP contribution in [-0.4, -0.2) is 16.2 Å². The van der Waals surface area contributed by atoms with Crippen molar-refractivity contribution in [3.05, 3.63) is 26.4 Å². The van der Waals surface area contributed by atoms with Crippen LogP contribution in [0.5, 0.6) is 0 Å². The number of pyridine rings is 1. The highest BCUT2D eigenvalue weighted by Gasteiger charge is 2.18. The monoisotopic (exact) mass is 322 g/mol.